The topological polar surface area (TPSA) is 0 Å². The van der Waals surface area contributed by atoms with Crippen LogP contribution >= 0.6 is 0 Å². The Kier molecular flexibility index (Phi) is 1.58. The first kappa shape index (κ1) is 7.11. The van der Waals surface area contributed by atoms with Crippen LogP contribution in [0.1, 0.15) is 40.5 Å². The third-order valence-electron chi connectivity index (χ3n) is 3.72. The Morgan fingerprint density at radius 2 is 1.78 bits per heavy atom. The lowest BCUT2D eigenvalue weighted by Gasteiger charge is -2.51. The van der Waals surface area contributed by atoms with Gasteiger partial charge in [0.25, 0.3) is 0 Å². The molecule has 1 aliphatic carbocycles. The summed E-state index contributed by atoms with van der Waals surface area (Å²) in [5.74, 6) is 1.94. The summed E-state index contributed by atoms with van der Waals surface area (Å²) in [5, 5.41) is 0. The summed E-state index contributed by atoms with van der Waals surface area (Å²) in [4.78, 5) is 0. The van der Waals surface area contributed by atoms with Gasteiger partial charge in [-0.15, -0.1) is 0 Å². The summed E-state index contributed by atoms with van der Waals surface area (Å²) in [7, 11) is 0. The highest BCUT2D eigenvalue weighted by molar-refractivity contribution is 4.93. The van der Waals surface area contributed by atoms with E-state index in [0.717, 1.165) is 11.8 Å². The molecule has 2 unspecified atom stereocenters. The van der Waals surface area contributed by atoms with Gasteiger partial charge in [-0.2, -0.15) is 0 Å². The van der Waals surface area contributed by atoms with Crippen LogP contribution in [-0.2, 0) is 0 Å². The Labute approximate surface area is 58.7 Å². The molecule has 0 radical (unpaired) electrons. The molecule has 0 amide bonds. The number of rotatable bonds is 1. The molecule has 1 aliphatic rings. The van der Waals surface area contributed by atoms with E-state index in [9.17, 15) is 0 Å². The first-order valence-corrected chi connectivity index (χ1v) is 4.11. The number of hydrogen-bond acceptors (Lipinski definition) is 0. The van der Waals surface area contributed by atoms with Gasteiger partial charge in [0.1, 0.15) is 0 Å². The van der Waals surface area contributed by atoms with Crippen molar-refractivity contribution >= 4 is 0 Å². The van der Waals surface area contributed by atoms with Gasteiger partial charge >= 0.3 is 0 Å². The van der Waals surface area contributed by atoms with Crippen LogP contribution in [0.2, 0.25) is 0 Å². The fourth-order valence-corrected chi connectivity index (χ4v) is 2.09. The summed E-state index contributed by atoms with van der Waals surface area (Å²) in [5.41, 5.74) is 0.681. The highest BCUT2D eigenvalue weighted by atomic mass is 14.5. The van der Waals surface area contributed by atoms with E-state index in [1.165, 1.54) is 12.8 Å². The molecule has 2 atom stereocenters. The predicted octanol–water partition coefficient (Wildman–Crippen LogP) is 3.08. The van der Waals surface area contributed by atoms with Crippen molar-refractivity contribution < 1.29 is 0 Å². The quantitative estimate of drug-likeness (QED) is 0.506. The van der Waals surface area contributed by atoms with Crippen LogP contribution in [0.15, 0.2) is 0 Å². The Hall–Kier alpha value is 0. The summed E-state index contributed by atoms with van der Waals surface area (Å²) < 4.78 is 0. The van der Waals surface area contributed by atoms with E-state index < -0.39 is 0 Å². The minimum Gasteiger partial charge on any atom is -0.0648 e. The van der Waals surface area contributed by atoms with Gasteiger partial charge in [0.2, 0.25) is 0 Å². The van der Waals surface area contributed by atoms with Crippen molar-refractivity contribution in [3.05, 3.63) is 0 Å². The van der Waals surface area contributed by atoms with Gasteiger partial charge in [0.15, 0.2) is 0 Å². The van der Waals surface area contributed by atoms with E-state index in [1.807, 2.05) is 0 Å². The van der Waals surface area contributed by atoms with E-state index >= 15 is 0 Å². The van der Waals surface area contributed by atoms with E-state index in [4.69, 9.17) is 0 Å². The molecular weight excluding hydrogens is 108 g/mol. The first-order valence-electron chi connectivity index (χ1n) is 4.11. The molecule has 0 N–H and O–H groups in total. The fraction of sp³-hybridized carbons (Fsp3) is 1.00. The monoisotopic (exact) mass is 126 g/mol. The van der Waals surface area contributed by atoms with Crippen molar-refractivity contribution in [1.29, 1.82) is 0 Å². The van der Waals surface area contributed by atoms with Crippen molar-refractivity contribution in [3.8, 4) is 0 Å². The van der Waals surface area contributed by atoms with Crippen LogP contribution in [-0.4, -0.2) is 0 Å². The van der Waals surface area contributed by atoms with E-state index in [0.29, 0.717) is 5.41 Å². The molecule has 54 valence electrons. The van der Waals surface area contributed by atoms with Crippen molar-refractivity contribution in [3.63, 3.8) is 0 Å². The SMILES string of the molecule is CCC1(C)C(C)CC1C. The highest BCUT2D eigenvalue weighted by Crippen LogP contribution is 2.52. The third kappa shape index (κ3) is 0.798. The molecule has 0 aromatic heterocycles. The average Bonchev–Trinajstić information content (AvgIpc) is 1.87. The molecule has 0 bridgehead atoms. The molecule has 0 nitrogen and oxygen atoms in total. The normalized spacial score (nSPS) is 50.7. The summed E-state index contributed by atoms with van der Waals surface area (Å²) in [6, 6.07) is 0. The van der Waals surface area contributed by atoms with Crippen LogP contribution in [0.3, 0.4) is 0 Å². The molecule has 0 heteroatoms. The Morgan fingerprint density at radius 3 is 1.89 bits per heavy atom. The summed E-state index contributed by atoms with van der Waals surface area (Å²) in [6.07, 6.45) is 2.81. The lowest BCUT2D eigenvalue weighted by atomic mass is 9.54. The van der Waals surface area contributed by atoms with E-state index in [1.54, 1.807) is 0 Å². The fourth-order valence-electron chi connectivity index (χ4n) is 2.09. The minimum absolute atomic E-state index is 0.681. The molecular formula is C9H18. The highest BCUT2D eigenvalue weighted by Gasteiger charge is 2.44. The van der Waals surface area contributed by atoms with Crippen molar-refractivity contribution in [2.24, 2.45) is 17.3 Å². The predicted molar refractivity (Wildman–Crippen MR) is 41.3 cm³/mol. The van der Waals surface area contributed by atoms with E-state index in [2.05, 4.69) is 27.7 Å². The maximum absolute atomic E-state index is 2.42. The van der Waals surface area contributed by atoms with Crippen molar-refractivity contribution in [2.45, 2.75) is 40.5 Å². The van der Waals surface area contributed by atoms with Gasteiger partial charge in [-0.05, 0) is 23.7 Å². The molecule has 0 spiro atoms. The minimum atomic E-state index is 0.681. The summed E-state index contributed by atoms with van der Waals surface area (Å²) in [6.45, 7) is 9.49. The maximum Gasteiger partial charge on any atom is -0.0277 e. The maximum atomic E-state index is 2.42. The lowest BCUT2D eigenvalue weighted by molar-refractivity contribution is -0.0173. The van der Waals surface area contributed by atoms with Crippen molar-refractivity contribution in [2.75, 3.05) is 0 Å². The van der Waals surface area contributed by atoms with Crippen LogP contribution < -0.4 is 0 Å². The second-order valence-electron chi connectivity index (χ2n) is 3.90. The molecule has 0 heterocycles. The first-order chi connectivity index (χ1) is 4.11. The third-order valence-corrected chi connectivity index (χ3v) is 3.72. The molecule has 0 aromatic carbocycles. The zero-order valence-corrected chi connectivity index (χ0v) is 7.07. The number of hydrogen-bond donors (Lipinski definition) is 0. The largest absolute Gasteiger partial charge is 0.0648 e. The summed E-state index contributed by atoms with van der Waals surface area (Å²) >= 11 is 0. The van der Waals surface area contributed by atoms with Crippen LogP contribution in [0.5, 0.6) is 0 Å². The smallest absolute Gasteiger partial charge is 0.0277 e. The van der Waals surface area contributed by atoms with Gasteiger partial charge in [0.05, 0.1) is 0 Å². The zero-order valence-electron chi connectivity index (χ0n) is 7.07. The molecule has 0 aliphatic heterocycles. The van der Waals surface area contributed by atoms with Gasteiger partial charge in [-0.25, -0.2) is 0 Å². The molecule has 0 aromatic rings. The van der Waals surface area contributed by atoms with Crippen LogP contribution in [0, 0.1) is 17.3 Å². The second kappa shape index (κ2) is 2.00. The molecule has 1 fully saturated rings. The molecule has 1 rings (SSSR count). The molecule has 9 heavy (non-hydrogen) atoms. The van der Waals surface area contributed by atoms with Gasteiger partial charge < -0.3 is 0 Å². The Balaban J connectivity index is 2.55. The lowest BCUT2D eigenvalue weighted by Crippen LogP contribution is -2.43. The van der Waals surface area contributed by atoms with E-state index in [-0.39, 0.29) is 0 Å². The van der Waals surface area contributed by atoms with Gasteiger partial charge in [0, 0.05) is 0 Å². The second-order valence-corrected chi connectivity index (χ2v) is 3.90. The average molecular weight is 126 g/mol. The molecule has 1 saturated carbocycles. The Morgan fingerprint density at radius 1 is 1.33 bits per heavy atom. The van der Waals surface area contributed by atoms with Gasteiger partial charge in [-0.3, -0.25) is 0 Å². The van der Waals surface area contributed by atoms with Crippen LogP contribution in [0.4, 0.5) is 0 Å². The Bertz CT molecular complexity index is 96.6. The zero-order chi connectivity index (χ0) is 7.07. The standard InChI is InChI=1S/C9H18/c1-5-9(4)7(2)6-8(9)3/h7-8H,5-6H2,1-4H3. The van der Waals surface area contributed by atoms with Crippen LogP contribution in [0.25, 0.3) is 0 Å². The molecule has 0 saturated heterocycles. The van der Waals surface area contributed by atoms with Gasteiger partial charge in [-0.1, -0.05) is 34.1 Å². The van der Waals surface area contributed by atoms with Crippen molar-refractivity contribution in [1.82, 2.24) is 0 Å².